The van der Waals surface area contributed by atoms with Crippen LogP contribution in [0.15, 0.2) is 0 Å². The van der Waals surface area contributed by atoms with Gasteiger partial charge < -0.3 is 0 Å². The third-order valence-electron chi connectivity index (χ3n) is 2.44. The second-order valence-electron chi connectivity index (χ2n) is 4.00. The Kier molecular flexibility index (Phi) is 5.73. The first-order valence-corrected chi connectivity index (χ1v) is 6.93. The van der Waals surface area contributed by atoms with Crippen LogP contribution >= 0.6 is 0 Å². The molecule has 0 unspecified atom stereocenters. The van der Waals surface area contributed by atoms with E-state index in [1.807, 2.05) is 0 Å². The maximum absolute atomic E-state index is 12.9. The predicted octanol–water partition coefficient (Wildman–Crippen LogP) is 4.70. The Balaban J connectivity index is 6.11. The van der Waals surface area contributed by atoms with Gasteiger partial charge in [-0.25, -0.2) is 0 Å². The number of hydrogen-bond donors (Lipinski definition) is 0. The van der Waals surface area contributed by atoms with E-state index in [9.17, 15) is 57.1 Å². The van der Waals surface area contributed by atoms with E-state index < -0.39 is 46.6 Å². The van der Waals surface area contributed by atoms with Gasteiger partial charge in [0, 0.05) is 0 Å². The van der Waals surface area contributed by atoms with E-state index in [2.05, 4.69) is 0 Å². The molecule has 0 saturated carbocycles. The van der Waals surface area contributed by atoms with Gasteiger partial charge in [0.05, 0.1) is 0 Å². The van der Waals surface area contributed by atoms with Crippen molar-refractivity contribution < 1.29 is 57.1 Å². The molecule has 0 radical (unpaired) electrons. The van der Waals surface area contributed by atoms with Crippen LogP contribution in [-0.4, -0.2) is 58.3 Å². The summed E-state index contributed by atoms with van der Waals surface area (Å²) in [6.07, 6.45) is -9.46. The van der Waals surface area contributed by atoms with Gasteiger partial charge in [0.1, 0.15) is 0 Å². The minimum atomic E-state index is -7.80. The van der Waals surface area contributed by atoms with Crippen molar-refractivity contribution in [1.29, 1.82) is 0 Å². The molecule has 14 heteroatoms. The molecule has 0 aliphatic heterocycles. The Morgan fingerprint density at radius 1 is 0.500 bits per heavy atom. The molecule has 0 atom stereocenters. The molecule has 0 amide bonds. The minimum absolute atomic E-state index is 0.0919. The Bertz CT molecular complexity index is 395. The number of hydrogen-bond acceptors (Lipinski definition) is 0. The van der Waals surface area contributed by atoms with Crippen LogP contribution in [0.1, 0.15) is 6.42 Å². The first kappa shape index (κ1) is 21.9. The first-order valence-electron chi connectivity index (χ1n) is 4.91. The molecule has 0 nitrogen and oxygen atoms in total. The second-order valence-corrected chi connectivity index (χ2v) is 5.43. The summed E-state index contributed by atoms with van der Waals surface area (Å²) in [5, 5.41) is 0. The molecule has 0 aromatic carbocycles. The zero-order chi connectivity index (χ0) is 18.4. The molecule has 0 spiro atoms. The van der Waals surface area contributed by atoms with Gasteiger partial charge in [0.15, 0.2) is 0 Å². The Morgan fingerprint density at radius 3 is 1.09 bits per heavy atom. The third kappa shape index (κ3) is 2.97. The fourth-order valence-electron chi connectivity index (χ4n) is 1.12. The Morgan fingerprint density at radius 2 is 0.818 bits per heavy atom. The summed E-state index contributed by atoms with van der Waals surface area (Å²) in [5.41, 5.74) is 0. The quantitative estimate of drug-likeness (QED) is 0.394. The summed E-state index contributed by atoms with van der Waals surface area (Å²) >= 11 is 0.0919. The van der Waals surface area contributed by atoms with Crippen molar-refractivity contribution in [2.24, 2.45) is 0 Å². The van der Waals surface area contributed by atoms with Crippen LogP contribution in [0.5, 0.6) is 0 Å². The maximum atomic E-state index is 12.9. The molecule has 0 aliphatic rings. The van der Waals surface area contributed by atoms with Gasteiger partial charge in [0.2, 0.25) is 0 Å². The molecule has 128 valence electrons. The molecule has 0 aromatic heterocycles. The van der Waals surface area contributed by atoms with E-state index in [0.717, 1.165) is 0 Å². The summed E-state index contributed by atoms with van der Waals surface area (Å²) in [4.78, 5) is 0. The van der Waals surface area contributed by atoms with Gasteiger partial charge in [-0.05, 0) is 0 Å². The van der Waals surface area contributed by atoms with Crippen molar-refractivity contribution in [1.82, 2.24) is 0 Å². The summed E-state index contributed by atoms with van der Waals surface area (Å²) in [6.45, 7) is 0. The van der Waals surface area contributed by atoms with E-state index in [1.54, 1.807) is 0 Å². The van der Waals surface area contributed by atoms with Crippen LogP contribution < -0.4 is 0 Å². The van der Waals surface area contributed by atoms with Gasteiger partial charge in [-0.1, -0.05) is 0 Å². The van der Waals surface area contributed by atoms with Crippen molar-refractivity contribution in [3.05, 3.63) is 0 Å². The monoisotopic (exact) mass is 467 g/mol. The molecule has 0 rings (SSSR count). The first-order chi connectivity index (χ1) is 9.31. The van der Waals surface area contributed by atoms with E-state index in [0.29, 0.717) is 0 Å². The van der Waals surface area contributed by atoms with Crippen LogP contribution in [0.4, 0.5) is 57.1 Å². The van der Waals surface area contributed by atoms with Crippen LogP contribution in [-0.2, 0) is 0 Å². The predicted molar refractivity (Wildman–Crippen MR) is 46.0 cm³/mol. The number of rotatable bonds is 6. The van der Waals surface area contributed by atoms with Gasteiger partial charge in [-0.3, -0.25) is 0 Å². The van der Waals surface area contributed by atoms with Crippen molar-refractivity contribution in [3.63, 3.8) is 0 Å². The van der Waals surface area contributed by atoms with Crippen molar-refractivity contribution in [3.8, 4) is 0 Å². The molecule has 0 N–H and O–H groups in total. The van der Waals surface area contributed by atoms with Crippen LogP contribution in [0.3, 0.4) is 0 Å². The van der Waals surface area contributed by atoms with Crippen molar-refractivity contribution in [2.45, 2.75) is 46.6 Å². The fourth-order valence-corrected chi connectivity index (χ4v) is 2.01. The van der Waals surface area contributed by atoms with Gasteiger partial charge >= 0.3 is 126 Å². The summed E-state index contributed by atoms with van der Waals surface area (Å²) in [7, 11) is 0. The molecule has 0 fully saturated rings. The number of halogens is 13. The molecule has 0 saturated heterocycles. The molecule has 0 heterocycles. The summed E-state index contributed by atoms with van der Waals surface area (Å²) < 4.78 is 162. The van der Waals surface area contributed by atoms with E-state index in [-0.39, 0.29) is 22.5 Å². The van der Waals surface area contributed by atoms with Crippen LogP contribution in [0.25, 0.3) is 0 Å². The van der Waals surface area contributed by atoms with Gasteiger partial charge in [-0.15, -0.1) is 0 Å². The molecular weight excluding hydrogens is 462 g/mol. The molecular formula is C8H4F13Sn+3. The van der Waals surface area contributed by atoms with Gasteiger partial charge in [-0.2, -0.15) is 0 Å². The SMILES string of the molecule is FC(F)(F)C(F)(F)C(F)(F)C(F)(F)C(F)(F)C(F)(F)C[CH2][Sn+3]. The van der Waals surface area contributed by atoms with E-state index >= 15 is 0 Å². The van der Waals surface area contributed by atoms with Crippen LogP contribution in [0, 0.1) is 0 Å². The Hall–Kier alpha value is -0.111. The molecule has 0 aliphatic carbocycles. The Labute approximate surface area is 127 Å². The standard InChI is InChI=1S/C8H4F13.Sn/c1-2-3(9,10)4(11,12)5(13,14)6(15,16)7(17,18)8(19,20)21;/h1-2H2;/q;+3. The second kappa shape index (κ2) is 5.76. The molecule has 0 aromatic rings. The average Bonchev–Trinajstić information content (AvgIpc) is 2.26. The third-order valence-corrected chi connectivity index (χ3v) is 3.15. The van der Waals surface area contributed by atoms with E-state index in [1.165, 1.54) is 0 Å². The topological polar surface area (TPSA) is 0 Å². The van der Waals surface area contributed by atoms with Gasteiger partial charge in [0.25, 0.3) is 0 Å². The molecule has 22 heavy (non-hydrogen) atoms. The average molecular weight is 466 g/mol. The summed E-state index contributed by atoms with van der Waals surface area (Å²) in [6, 6.07) is 0. The van der Waals surface area contributed by atoms with Crippen molar-refractivity contribution >= 4 is 22.5 Å². The van der Waals surface area contributed by atoms with Crippen LogP contribution in [0.2, 0.25) is 4.44 Å². The fraction of sp³-hybridized carbons (Fsp3) is 1.00. The summed E-state index contributed by atoms with van der Waals surface area (Å²) in [5.74, 6) is -36.2. The normalized spacial score (nSPS) is 16.1. The zero-order valence-electron chi connectivity index (χ0n) is 9.83. The molecule has 0 bridgehead atoms. The zero-order valence-corrected chi connectivity index (χ0v) is 12.7. The number of alkyl halides is 13. The van der Waals surface area contributed by atoms with E-state index in [4.69, 9.17) is 0 Å². The van der Waals surface area contributed by atoms with Crippen molar-refractivity contribution in [2.75, 3.05) is 0 Å².